The molecule has 25 heavy (non-hydrogen) atoms. The van der Waals surface area contributed by atoms with Crippen LogP contribution in [0.3, 0.4) is 0 Å². The van der Waals surface area contributed by atoms with E-state index < -0.39 is 5.66 Å². The maximum atomic E-state index is 5.92. The van der Waals surface area contributed by atoms with Crippen LogP contribution in [0.2, 0.25) is 0 Å². The van der Waals surface area contributed by atoms with Crippen molar-refractivity contribution in [1.29, 1.82) is 0 Å². The summed E-state index contributed by atoms with van der Waals surface area (Å²) in [6, 6.07) is 8.71. The lowest BCUT2D eigenvalue weighted by atomic mass is 9.84. The lowest BCUT2D eigenvalue weighted by Gasteiger charge is -2.36. The Morgan fingerprint density at radius 2 is 1.76 bits per heavy atom. The van der Waals surface area contributed by atoms with Crippen LogP contribution in [0.25, 0.3) is 0 Å². The number of hydroxylamine groups is 2. The third kappa shape index (κ3) is 4.84. The molecule has 1 aliphatic carbocycles. The Morgan fingerprint density at radius 1 is 1.12 bits per heavy atom. The Bertz CT molecular complexity index is 635. The molecule has 0 unspecified atom stereocenters. The van der Waals surface area contributed by atoms with E-state index in [2.05, 4.69) is 34.3 Å². The van der Waals surface area contributed by atoms with Gasteiger partial charge in [-0.1, -0.05) is 43.5 Å². The first-order chi connectivity index (χ1) is 11.5. The first kappa shape index (κ1) is 20.0. The smallest absolute Gasteiger partial charge is 0.226 e. The number of hydrogen-bond donors (Lipinski definition) is 2. The number of rotatable bonds is 4. The van der Waals surface area contributed by atoms with Crippen molar-refractivity contribution < 1.29 is 4.84 Å². The Morgan fingerprint density at radius 3 is 2.36 bits per heavy atom. The van der Waals surface area contributed by atoms with Crippen LogP contribution in [0, 0.1) is 0 Å². The first-order valence-electron chi connectivity index (χ1n) is 8.67. The molecule has 138 valence electrons. The van der Waals surface area contributed by atoms with Crippen LogP contribution in [-0.2, 0) is 11.4 Å². The fraction of sp³-hybridized carbons (Fsp3) is 0.556. The molecule has 0 atom stereocenters. The van der Waals surface area contributed by atoms with Gasteiger partial charge in [-0.25, -0.2) is 4.99 Å². The van der Waals surface area contributed by atoms with Crippen molar-refractivity contribution in [2.45, 2.75) is 64.1 Å². The summed E-state index contributed by atoms with van der Waals surface area (Å²) >= 11 is 0. The highest BCUT2D eigenvalue weighted by molar-refractivity contribution is 14.0. The van der Waals surface area contributed by atoms with Gasteiger partial charge in [0.15, 0.2) is 5.66 Å². The fourth-order valence-corrected chi connectivity index (χ4v) is 3.48. The topological polar surface area (TPSA) is 89.2 Å². The standard InChI is InChI=1S/C18H27N5O.HI/c1-18(2)22-16(19)21-17(20)23(18)24-12-13-8-10-15(11-9-13)14-6-4-3-5-7-14;/h8-11,14H,3-7,12H2,1-2H3,(H4,19,20,21,22);1H. The highest BCUT2D eigenvalue weighted by Crippen LogP contribution is 2.32. The zero-order chi connectivity index (χ0) is 17.2. The van der Waals surface area contributed by atoms with Gasteiger partial charge in [0.2, 0.25) is 11.9 Å². The lowest BCUT2D eigenvalue weighted by Crippen LogP contribution is -2.53. The van der Waals surface area contributed by atoms with Gasteiger partial charge in [0.05, 0.1) is 0 Å². The number of aliphatic imine (C=N–C) groups is 2. The summed E-state index contributed by atoms with van der Waals surface area (Å²) in [5.74, 6) is 1.12. The molecule has 0 radical (unpaired) electrons. The van der Waals surface area contributed by atoms with Gasteiger partial charge in [-0.3, -0.25) is 4.84 Å². The molecule has 1 saturated carbocycles. The maximum absolute atomic E-state index is 5.92. The molecule has 4 N–H and O–H groups in total. The largest absolute Gasteiger partial charge is 0.368 e. The molecule has 1 aromatic rings. The predicted molar refractivity (Wildman–Crippen MR) is 112 cm³/mol. The molecule has 2 aliphatic rings. The summed E-state index contributed by atoms with van der Waals surface area (Å²) in [5.41, 5.74) is 13.4. The summed E-state index contributed by atoms with van der Waals surface area (Å²) in [5, 5.41) is 1.51. The molecular weight excluding hydrogens is 429 g/mol. The Hall–Kier alpha value is -1.35. The molecular formula is C18H28IN5O. The highest BCUT2D eigenvalue weighted by Gasteiger charge is 2.33. The molecule has 6 nitrogen and oxygen atoms in total. The maximum Gasteiger partial charge on any atom is 0.226 e. The molecule has 1 fully saturated rings. The minimum Gasteiger partial charge on any atom is -0.368 e. The molecule has 1 aliphatic heterocycles. The van der Waals surface area contributed by atoms with E-state index in [-0.39, 0.29) is 35.9 Å². The average Bonchev–Trinajstić information content (AvgIpc) is 2.54. The van der Waals surface area contributed by atoms with E-state index in [0.29, 0.717) is 6.61 Å². The second-order valence-electron chi connectivity index (χ2n) is 7.08. The van der Waals surface area contributed by atoms with E-state index >= 15 is 0 Å². The monoisotopic (exact) mass is 457 g/mol. The summed E-state index contributed by atoms with van der Waals surface area (Å²) < 4.78 is 0. The molecule has 1 aromatic carbocycles. The van der Waals surface area contributed by atoms with Gasteiger partial charge in [-0.15, -0.1) is 24.0 Å². The van der Waals surface area contributed by atoms with E-state index in [0.717, 1.165) is 11.5 Å². The molecule has 7 heteroatoms. The lowest BCUT2D eigenvalue weighted by molar-refractivity contribution is -0.166. The summed E-state index contributed by atoms with van der Waals surface area (Å²) in [6.45, 7) is 4.18. The van der Waals surface area contributed by atoms with E-state index in [9.17, 15) is 0 Å². The molecule has 0 aromatic heterocycles. The van der Waals surface area contributed by atoms with E-state index in [4.69, 9.17) is 16.3 Å². The van der Waals surface area contributed by atoms with Gasteiger partial charge in [0.1, 0.15) is 6.61 Å². The van der Waals surface area contributed by atoms with Gasteiger partial charge in [0.25, 0.3) is 0 Å². The van der Waals surface area contributed by atoms with Crippen molar-refractivity contribution in [2.75, 3.05) is 0 Å². The third-order valence-corrected chi connectivity index (χ3v) is 4.74. The van der Waals surface area contributed by atoms with Crippen LogP contribution in [0.15, 0.2) is 34.3 Å². The van der Waals surface area contributed by atoms with Gasteiger partial charge in [0, 0.05) is 0 Å². The average molecular weight is 457 g/mol. The van der Waals surface area contributed by atoms with Crippen molar-refractivity contribution in [3.8, 4) is 0 Å². The fourth-order valence-electron chi connectivity index (χ4n) is 3.48. The van der Waals surface area contributed by atoms with E-state index in [1.807, 2.05) is 13.8 Å². The number of guanidine groups is 2. The van der Waals surface area contributed by atoms with Crippen LogP contribution in [-0.4, -0.2) is 22.6 Å². The van der Waals surface area contributed by atoms with Crippen LogP contribution in [0.1, 0.15) is 63.0 Å². The van der Waals surface area contributed by atoms with Crippen LogP contribution in [0.4, 0.5) is 0 Å². The second kappa shape index (κ2) is 8.35. The number of hydrogen-bond acceptors (Lipinski definition) is 6. The molecule has 1 heterocycles. The number of benzene rings is 1. The normalized spacial score (nSPS) is 20.5. The summed E-state index contributed by atoms with van der Waals surface area (Å²) in [6.07, 6.45) is 6.70. The minimum atomic E-state index is -0.669. The van der Waals surface area contributed by atoms with Crippen molar-refractivity contribution >= 4 is 35.9 Å². The van der Waals surface area contributed by atoms with Crippen molar-refractivity contribution in [1.82, 2.24) is 5.06 Å². The predicted octanol–water partition coefficient (Wildman–Crippen LogP) is 3.47. The van der Waals surface area contributed by atoms with Gasteiger partial charge >= 0.3 is 0 Å². The Labute approximate surface area is 166 Å². The van der Waals surface area contributed by atoms with Crippen molar-refractivity contribution in [3.63, 3.8) is 0 Å². The Kier molecular flexibility index (Phi) is 6.67. The summed E-state index contributed by atoms with van der Waals surface area (Å²) in [4.78, 5) is 14.1. The molecule has 0 saturated heterocycles. The number of nitrogens with zero attached hydrogens (tertiary/aromatic N) is 3. The van der Waals surface area contributed by atoms with E-state index in [1.54, 1.807) is 0 Å². The highest BCUT2D eigenvalue weighted by atomic mass is 127. The molecule has 3 rings (SSSR count). The third-order valence-electron chi connectivity index (χ3n) is 4.74. The molecule has 0 bridgehead atoms. The molecule has 0 amide bonds. The zero-order valence-electron chi connectivity index (χ0n) is 14.9. The van der Waals surface area contributed by atoms with Gasteiger partial charge in [-0.2, -0.15) is 10.1 Å². The van der Waals surface area contributed by atoms with Crippen LogP contribution >= 0.6 is 24.0 Å². The van der Waals surface area contributed by atoms with Crippen LogP contribution in [0.5, 0.6) is 0 Å². The quantitative estimate of drug-likeness (QED) is 0.678. The van der Waals surface area contributed by atoms with Crippen molar-refractivity contribution in [3.05, 3.63) is 35.4 Å². The number of halogens is 1. The molecule has 0 spiro atoms. The second-order valence-corrected chi connectivity index (χ2v) is 7.08. The van der Waals surface area contributed by atoms with Gasteiger partial charge < -0.3 is 11.5 Å². The SMILES string of the molecule is CC1(C)N=C(N)N=C(N)N1OCc1ccc(C2CCCCC2)cc1.I. The minimum absolute atomic E-state index is 0. The number of nitrogens with two attached hydrogens (primary N) is 2. The first-order valence-corrected chi connectivity index (χ1v) is 8.67. The zero-order valence-corrected chi connectivity index (χ0v) is 17.3. The van der Waals surface area contributed by atoms with Gasteiger partial charge in [-0.05, 0) is 43.7 Å². The van der Waals surface area contributed by atoms with Crippen LogP contribution < -0.4 is 11.5 Å². The Balaban J connectivity index is 0.00000225. The summed E-state index contributed by atoms with van der Waals surface area (Å²) in [7, 11) is 0. The van der Waals surface area contributed by atoms with E-state index in [1.165, 1.54) is 42.7 Å². The van der Waals surface area contributed by atoms with Crippen molar-refractivity contribution in [2.24, 2.45) is 21.5 Å².